The molecule has 0 amide bonds. The molecule has 4 rings (SSSR count). The summed E-state index contributed by atoms with van der Waals surface area (Å²) in [5.41, 5.74) is 0.746. The molecule has 0 aromatic heterocycles. The van der Waals surface area contributed by atoms with Crippen molar-refractivity contribution in [2.24, 2.45) is 28.6 Å². The highest BCUT2D eigenvalue weighted by Crippen LogP contribution is 2.67. The molecular weight excluding hydrogens is 279 g/mol. The minimum absolute atomic E-state index is 0.0962. The Morgan fingerprint density at radius 2 is 1.86 bits per heavy atom. The van der Waals surface area contributed by atoms with Gasteiger partial charge in [-0.05, 0) is 73.7 Å². The standard InChI is InChI=1S/C19H29FO2/c1-17-8-4-3-5-15(17)16(21)11-12-13(17)6-9-18(2)14(12)7-10-19(18,20)22/h5,12-14,16,21-22H,3-4,6-11H2,1-2H3/t12-,13-,14+,16?,17-,18+,19?/m1/s1. The first-order valence-corrected chi connectivity index (χ1v) is 9.09. The van der Waals surface area contributed by atoms with Crippen LogP contribution in [0.5, 0.6) is 0 Å². The molecule has 0 bridgehead atoms. The van der Waals surface area contributed by atoms with Gasteiger partial charge in [0.25, 0.3) is 0 Å². The number of allylic oxidation sites excluding steroid dienone is 1. The number of aliphatic hydroxyl groups is 2. The molecule has 2 nitrogen and oxygen atoms in total. The van der Waals surface area contributed by atoms with Crippen LogP contribution in [0.3, 0.4) is 0 Å². The molecule has 3 fully saturated rings. The first-order chi connectivity index (χ1) is 10.3. The predicted octanol–water partition coefficient (Wildman–Crippen LogP) is 3.97. The molecule has 0 aromatic rings. The maximum Gasteiger partial charge on any atom is 0.212 e. The van der Waals surface area contributed by atoms with Crippen LogP contribution in [0.15, 0.2) is 11.6 Å². The minimum atomic E-state index is -2.02. The summed E-state index contributed by atoms with van der Waals surface area (Å²) in [7, 11) is 0. The van der Waals surface area contributed by atoms with Crippen molar-refractivity contribution in [3.63, 3.8) is 0 Å². The maximum absolute atomic E-state index is 14.7. The zero-order valence-corrected chi connectivity index (χ0v) is 13.8. The third-order valence-corrected chi connectivity index (χ3v) is 8.09. The van der Waals surface area contributed by atoms with E-state index in [9.17, 15) is 14.6 Å². The summed E-state index contributed by atoms with van der Waals surface area (Å²) in [5.74, 6) is -0.888. The molecule has 3 heteroatoms. The van der Waals surface area contributed by atoms with Crippen LogP contribution in [-0.4, -0.2) is 22.2 Å². The van der Waals surface area contributed by atoms with Gasteiger partial charge in [-0.3, -0.25) is 0 Å². The number of hydrogen-bond acceptors (Lipinski definition) is 2. The lowest BCUT2D eigenvalue weighted by Crippen LogP contribution is -2.55. The third-order valence-electron chi connectivity index (χ3n) is 8.09. The number of alkyl halides is 1. The van der Waals surface area contributed by atoms with E-state index in [0.717, 1.165) is 38.5 Å². The highest BCUT2D eigenvalue weighted by atomic mass is 19.2. The first-order valence-electron chi connectivity index (χ1n) is 9.09. The van der Waals surface area contributed by atoms with Crippen LogP contribution in [0.4, 0.5) is 4.39 Å². The van der Waals surface area contributed by atoms with E-state index in [-0.39, 0.29) is 23.9 Å². The van der Waals surface area contributed by atoms with E-state index in [0.29, 0.717) is 11.8 Å². The van der Waals surface area contributed by atoms with E-state index in [1.807, 2.05) is 6.92 Å². The summed E-state index contributed by atoms with van der Waals surface area (Å²) in [6.07, 6.45) is 8.94. The van der Waals surface area contributed by atoms with Crippen molar-refractivity contribution in [1.82, 2.24) is 0 Å². The molecule has 0 saturated heterocycles. The summed E-state index contributed by atoms with van der Waals surface area (Å²) in [6, 6.07) is 0. The van der Waals surface area contributed by atoms with Crippen LogP contribution >= 0.6 is 0 Å². The first kappa shape index (κ1) is 15.1. The Morgan fingerprint density at radius 3 is 2.64 bits per heavy atom. The van der Waals surface area contributed by atoms with Crippen molar-refractivity contribution < 1.29 is 14.6 Å². The summed E-state index contributed by atoms with van der Waals surface area (Å²) in [4.78, 5) is 0. The van der Waals surface area contributed by atoms with Gasteiger partial charge in [0.1, 0.15) is 0 Å². The molecule has 0 heterocycles. The maximum atomic E-state index is 14.7. The van der Waals surface area contributed by atoms with Crippen LogP contribution in [0.1, 0.15) is 65.2 Å². The fourth-order valence-electron chi connectivity index (χ4n) is 6.77. The Labute approximate surface area is 132 Å². The highest BCUT2D eigenvalue weighted by molar-refractivity contribution is 5.27. The summed E-state index contributed by atoms with van der Waals surface area (Å²) in [6.45, 7) is 4.28. The van der Waals surface area contributed by atoms with Crippen molar-refractivity contribution in [2.45, 2.75) is 77.2 Å². The van der Waals surface area contributed by atoms with Crippen LogP contribution < -0.4 is 0 Å². The minimum Gasteiger partial charge on any atom is -0.389 e. The van der Waals surface area contributed by atoms with Crippen LogP contribution in [0.25, 0.3) is 0 Å². The number of fused-ring (bicyclic) bond motifs is 5. The van der Waals surface area contributed by atoms with Gasteiger partial charge in [-0.15, -0.1) is 0 Å². The molecule has 3 saturated carbocycles. The Morgan fingerprint density at radius 1 is 1.14 bits per heavy atom. The van der Waals surface area contributed by atoms with Crippen LogP contribution in [0.2, 0.25) is 0 Å². The van der Waals surface area contributed by atoms with Crippen molar-refractivity contribution >= 4 is 0 Å². The van der Waals surface area contributed by atoms with Gasteiger partial charge in [-0.2, -0.15) is 0 Å². The summed E-state index contributed by atoms with van der Waals surface area (Å²) in [5, 5.41) is 21.0. The number of aliphatic hydroxyl groups excluding tert-OH is 1. The summed E-state index contributed by atoms with van der Waals surface area (Å²) >= 11 is 0. The second-order valence-corrected chi connectivity index (χ2v) is 8.85. The Kier molecular flexibility index (Phi) is 3.14. The van der Waals surface area contributed by atoms with Gasteiger partial charge in [0.05, 0.1) is 6.10 Å². The lowest BCUT2D eigenvalue weighted by atomic mass is 9.47. The third kappa shape index (κ3) is 1.73. The molecule has 124 valence electrons. The molecule has 0 spiro atoms. The predicted molar refractivity (Wildman–Crippen MR) is 83.8 cm³/mol. The number of rotatable bonds is 0. The van der Waals surface area contributed by atoms with Gasteiger partial charge in [0, 0.05) is 11.8 Å². The largest absolute Gasteiger partial charge is 0.389 e. The smallest absolute Gasteiger partial charge is 0.212 e. The zero-order valence-electron chi connectivity index (χ0n) is 13.8. The molecule has 22 heavy (non-hydrogen) atoms. The molecule has 4 aliphatic rings. The summed E-state index contributed by atoms with van der Waals surface area (Å²) < 4.78 is 14.7. The van der Waals surface area contributed by atoms with Crippen LogP contribution in [-0.2, 0) is 0 Å². The fraction of sp³-hybridized carbons (Fsp3) is 0.895. The Hall–Kier alpha value is -0.410. The van der Waals surface area contributed by atoms with E-state index in [1.54, 1.807) is 0 Å². The second kappa shape index (κ2) is 4.57. The lowest BCUT2D eigenvalue weighted by molar-refractivity contribution is -0.202. The molecule has 2 unspecified atom stereocenters. The van der Waals surface area contributed by atoms with Gasteiger partial charge in [0.2, 0.25) is 5.85 Å². The van der Waals surface area contributed by atoms with Crippen LogP contribution in [0, 0.1) is 28.6 Å². The molecule has 2 N–H and O–H groups in total. The molecule has 7 atom stereocenters. The number of halogens is 1. The average Bonchev–Trinajstić information content (AvgIpc) is 2.70. The normalized spacial score (nSPS) is 57.6. The van der Waals surface area contributed by atoms with Gasteiger partial charge in [0.15, 0.2) is 0 Å². The van der Waals surface area contributed by atoms with Crippen molar-refractivity contribution in [2.75, 3.05) is 0 Å². The zero-order chi connectivity index (χ0) is 15.8. The fourth-order valence-corrected chi connectivity index (χ4v) is 6.77. The SMILES string of the molecule is C[C@]12CCCC=C1C(O)C[C@@H]1[C@H]2CC[C@@]2(C)[C@H]1CCC2(O)F. The van der Waals surface area contributed by atoms with Crippen molar-refractivity contribution in [3.05, 3.63) is 11.6 Å². The molecule has 0 aliphatic heterocycles. The number of hydrogen-bond donors (Lipinski definition) is 2. The molecule has 4 aliphatic carbocycles. The van der Waals surface area contributed by atoms with Gasteiger partial charge < -0.3 is 10.2 Å². The quantitative estimate of drug-likeness (QED) is 0.665. The molecule has 0 radical (unpaired) electrons. The lowest BCUT2D eigenvalue weighted by Gasteiger charge is -2.59. The van der Waals surface area contributed by atoms with E-state index >= 15 is 0 Å². The van der Waals surface area contributed by atoms with E-state index in [4.69, 9.17) is 0 Å². The second-order valence-electron chi connectivity index (χ2n) is 8.85. The average molecular weight is 308 g/mol. The van der Waals surface area contributed by atoms with Gasteiger partial charge in [-0.1, -0.05) is 19.9 Å². The highest BCUT2D eigenvalue weighted by Gasteiger charge is 2.65. The molecular formula is C19H29FO2. The van der Waals surface area contributed by atoms with E-state index < -0.39 is 11.3 Å². The van der Waals surface area contributed by atoms with E-state index in [1.165, 1.54) is 12.0 Å². The van der Waals surface area contributed by atoms with Gasteiger partial charge >= 0.3 is 0 Å². The topological polar surface area (TPSA) is 40.5 Å². The Bertz CT molecular complexity index is 514. The van der Waals surface area contributed by atoms with E-state index in [2.05, 4.69) is 13.0 Å². The van der Waals surface area contributed by atoms with Crippen molar-refractivity contribution in [1.29, 1.82) is 0 Å². The molecule has 0 aromatic carbocycles. The van der Waals surface area contributed by atoms with Gasteiger partial charge in [-0.25, -0.2) is 4.39 Å². The monoisotopic (exact) mass is 308 g/mol. The van der Waals surface area contributed by atoms with Crippen molar-refractivity contribution in [3.8, 4) is 0 Å². The Balaban J connectivity index is 1.73.